The van der Waals surface area contributed by atoms with Crippen LogP contribution in [0.4, 0.5) is 0 Å². The number of nitrogens with two attached hydrogens (primary N) is 5. The molecule has 0 amide bonds. The van der Waals surface area contributed by atoms with E-state index >= 15 is 0 Å². The summed E-state index contributed by atoms with van der Waals surface area (Å²) in [5.74, 6) is 0. The van der Waals surface area contributed by atoms with Crippen molar-refractivity contribution in [3.8, 4) is 0 Å². The van der Waals surface area contributed by atoms with E-state index in [1.54, 1.807) is 0 Å². The van der Waals surface area contributed by atoms with Crippen molar-refractivity contribution in [3.05, 3.63) is 0 Å². The lowest BCUT2D eigenvalue weighted by Gasteiger charge is -2.48. The molecule has 4 heterocycles. The van der Waals surface area contributed by atoms with Gasteiger partial charge in [-0.3, -0.25) is 0 Å². The second-order valence-electron chi connectivity index (χ2n) is 11.4. The topological polar surface area (TPSA) is 319 Å². The zero-order valence-corrected chi connectivity index (χ0v) is 22.3. The predicted molar refractivity (Wildman–Crippen MR) is 135 cm³/mol. The van der Waals surface area contributed by atoms with Gasteiger partial charge in [-0.1, -0.05) is 0 Å². The van der Waals surface area contributed by atoms with Crippen LogP contribution in [0.1, 0.15) is 6.42 Å². The third-order valence-electron chi connectivity index (χ3n) is 8.70. The van der Waals surface area contributed by atoms with Crippen molar-refractivity contribution in [2.24, 2.45) is 28.7 Å². The van der Waals surface area contributed by atoms with Crippen molar-refractivity contribution in [1.82, 2.24) is 5.32 Å². The van der Waals surface area contributed by atoms with Gasteiger partial charge in [0.1, 0.15) is 67.1 Å². The summed E-state index contributed by atoms with van der Waals surface area (Å²) in [5, 5.41) is 67.5. The summed E-state index contributed by atoms with van der Waals surface area (Å²) in [6, 6.07) is -3.79. The minimum Gasteiger partial charge on any atom is -0.389 e. The first-order valence-electron chi connectivity index (χ1n) is 13.9. The number of ether oxygens (including phenoxy) is 6. The fourth-order valence-electron chi connectivity index (χ4n) is 6.20. The van der Waals surface area contributed by atoms with Crippen LogP contribution in [-0.2, 0) is 28.4 Å². The summed E-state index contributed by atoms with van der Waals surface area (Å²) in [5.41, 5.74) is 30.0. The molecule has 5 aliphatic rings. The van der Waals surface area contributed by atoms with Crippen LogP contribution in [0.25, 0.3) is 0 Å². The Morgan fingerprint density at radius 1 is 0.659 bits per heavy atom. The third kappa shape index (κ3) is 5.89. The molecule has 0 aromatic heterocycles. The molecule has 238 valence electrons. The van der Waals surface area contributed by atoms with E-state index < -0.39 is 116 Å². The minimum absolute atomic E-state index is 0.0938. The molecule has 5 fully saturated rings. The van der Waals surface area contributed by atoms with Crippen molar-refractivity contribution in [2.75, 3.05) is 19.6 Å². The largest absolute Gasteiger partial charge is 0.389 e. The van der Waals surface area contributed by atoms with E-state index in [1.807, 2.05) is 0 Å². The van der Waals surface area contributed by atoms with Crippen LogP contribution in [0.2, 0.25) is 0 Å². The number of hydrogen-bond donors (Lipinski definition) is 12. The van der Waals surface area contributed by atoms with Gasteiger partial charge in [0.15, 0.2) is 18.9 Å². The lowest BCUT2D eigenvalue weighted by molar-refractivity contribution is -0.307. The molecule has 18 nitrogen and oxygen atoms in total. The monoisotopic (exact) mass is 596 g/mol. The molecule has 17 N–H and O–H groups in total. The molecule has 0 radical (unpaired) electrons. The maximum absolute atomic E-state index is 11.3. The lowest BCUT2D eigenvalue weighted by Crippen LogP contribution is -2.69. The van der Waals surface area contributed by atoms with Crippen molar-refractivity contribution < 1.29 is 59.1 Å². The van der Waals surface area contributed by atoms with Crippen molar-refractivity contribution in [3.63, 3.8) is 0 Å². The van der Waals surface area contributed by atoms with Crippen LogP contribution in [0.15, 0.2) is 0 Å². The number of fused-ring (bicyclic) bond motifs is 4. The SMILES string of the molecule is NC[C@@H]1O[C@H](O[C@H]2[C@@H](O)[C@@H]3O[C@@H]4[C@@H](O)[C@H](N)C[C@H](N)[C@H]4O[C@H]4O[C@H](CN)[C@@H](O)[C@H](O)[C@H]4NC[C@H]2O3)[C@H](N)[C@@H](O)[C@@H]1O. The summed E-state index contributed by atoms with van der Waals surface area (Å²) < 4.78 is 35.8. The zero-order valence-electron chi connectivity index (χ0n) is 22.3. The van der Waals surface area contributed by atoms with Gasteiger partial charge < -0.3 is 93.0 Å². The van der Waals surface area contributed by atoms with E-state index in [4.69, 9.17) is 57.1 Å². The Kier molecular flexibility index (Phi) is 9.83. The highest BCUT2D eigenvalue weighted by molar-refractivity contribution is 5.03. The lowest BCUT2D eigenvalue weighted by atomic mass is 9.84. The Labute approximate surface area is 235 Å². The number of aliphatic hydroxyl groups is 6. The second kappa shape index (κ2) is 12.7. The molecular weight excluding hydrogens is 552 g/mol. The van der Waals surface area contributed by atoms with Crippen molar-refractivity contribution in [1.29, 1.82) is 0 Å². The molecule has 0 spiro atoms. The maximum atomic E-state index is 11.3. The fourth-order valence-corrected chi connectivity index (χ4v) is 6.20. The number of aliphatic hydroxyl groups excluding tert-OH is 6. The van der Waals surface area contributed by atoms with Crippen LogP contribution in [0.3, 0.4) is 0 Å². The van der Waals surface area contributed by atoms with E-state index in [2.05, 4.69) is 5.32 Å². The Balaban J connectivity index is 1.44. The summed E-state index contributed by atoms with van der Waals surface area (Å²) >= 11 is 0. The van der Waals surface area contributed by atoms with E-state index in [-0.39, 0.29) is 26.1 Å². The van der Waals surface area contributed by atoms with Gasteiger partial charge in [-0.2, -0.15) is 0 Å². The van der Waals surface area contributed by atoms with Gasteiger partial charge in [0.2, 0.25) is 0 Å². The average molecular weight is 597 g/mol. The Morgan fingerprint density at radius 3 is 1.98 bits per heavy atom. The highest BCUT2D eigenvalue weighted by Crippen LogP contribution is 2.35. The van der Waals surface area contributed by atoms with Crippen LogP contribution >= 0.6 is 0 Å². The molecule has 18 heteroatoms. The standard InChI is InChI=1S/C23H44N6O12/c24-2-7-13(31)15(33)10(28)21(36-7)40-19-9-4-29-11-16(34)14(32)8(3-25)37-22(11)39-18-6(27)1-5(26)12(30)20(18)41-23(38-9)17(19)35/h5-23,29-35H,1-4,24-28H2/t5-,6+,7+,8-,9-,10-,11-,12+,13-,14-,15-,16-,17-,18-,19-,20-,21-,22-,23+/m1/s1. The Morgan fingerprint density at radius 2 is 1.29 bits per heavy atom. The van der Waals surface area contributed by atoms with Gasteiger partial charge in [0.05, 0.1) is 18.2 Å². The fraction of sp³-hybridized carbons (Fsp3) is 1.00. The molecule has 41 heavy (non-hydrogen) atoms. The molecule has 0 aromatic rings. The molecule has 1 saturated carbocycles. The Bertz CT molecular complexity index is 883. The van der Waals surface area contributed by atoms with E-state index in [0.717, 1.165) is 0 Å². The molecule has 0 aromatic carbocycles. The highest BCUT2D eigenvalue weighted by Gasteiger charge is 2.55. The number of hydrogen-bond acceptors (Lipinski definition) is 18. The Hall–Kier alpha value is -0.720. The van der Waals surface area contributed by atoms with Crippen molar-refractivity contribution in [2.45, 2.75) is 123 Å². The van der Waals surface area contributed by atoms with Crippen LogP contribution < -0.4 is 34.0 Å². The molecule has 19 atom stereocenters. The van der Waals surface area contributed by atoms with Gasteiger partial charge in [0, 0.05) is 31.7 Å². The molecule has 5 rings (SSSR count). The molecule has 1 aliphatic carbocycles. The maximum Gasteiger partial charge on any atom is 0.187 e. The molecular formula is C23H44N6O12. The van der Waals surface area contributed by atoms with E-state index in [0.29, 0.717) is 0 Å². The van der Waals surface area contributed by atoms with Gasteiger partial charge in [-0.05, 0) is 6.42 Å². The summed E-state index contributed by atoms with van der Waals surface area (Å²) in [6.45, 7) is -0.347. The van der Waals surface area contributed by atoms with Crippen LogP contribution in [0, 0.1) is 0 Å². The van der Waals surface area contributed by atoms with Crippen molar-refractivity contribution >= 4 is 0 Å². The van der Waals surface area contributed by atoms with Gasteiger partial charge in [0.25, 0.3) is 0 Å². The van der Waals surface area contributed by atoms with E-state index in [1.165, 1.54) is 0 Å². The number of nitrogens with one attached hydrogen (secondary N) is 1. The van der Waals surface area contributed by atoms with Gasteiger partial charge in [-0.15, -0.1) is 0 Å². The van der Waals surface area contributed by atoms with Gasteiger partial charge in [-0.25, -0.2) is 0 Å². The summed E-state index contributed by atoms with van der Waals surface area (Å²) in [7, 11) is 0. The number of rotatable bonds is 4. The van der Waals surface area contributed by atoms with E-state index in [9.17, 15) is 30.6 Å². The summed E-state index contributed by atoms with van der Waals surface area (Å²) in [6.07, 6.45) is -18.4. The first kappa shape index (κ1) is 31.7. The van der Waals surface area contributed by atoms with Crippen LogP contribution in [0.5, 0.6) is 0 Å². The average Bonchev–Trinajstić information content (AvgIpc) is 3.22. The second-order valence-corrected chi connectivity index (χ2v) is 11.4. The van der Waals surface area contributed by atoms with Gasteiger partial charge >= 0.3 is 0 Å². The molecule has 2 bridgehead atoms. The molecule has 4 saturated heterocycles. The quantitative estimate of drug-likeness (QED) is 0.143. The highest BCUT2D eigenvalue weighted by atomic mass is 16.8. The normalized spacial score (nSPS) is 56.4. The third-order valence-corrected chi connectivity index (χ3v) is 8.70. The summed E-state index contributed by atoms with van der Waals surface area (Å²) in [4.78, 5) is 0. The van der Waals surface area contributed by atoms with Crippen LogP contribution in [-0.4, -0.2) is 167 Å². The predicted octanol–water partition coefficient (Wildman–Crippen LogP) is -8.24. The molecule has 4 aliphatic heterocycles. The first-order valence-corrected chi connectivity index (χ1v) is 13.9. The minimum atomic E-state index is -1.48. The first-order chi connectivity index (χ1) is 19.5. The zero-order chi connectivity index (χ0) is 29.7. The smallest absolute Gasteiger partial charge is 0.187 e. The molecule has 0 unspecified atom stereocenters.